The van der Waals surface area contributed by atoms with E-state index in [0.717, 1.165) is 39.0 Å². The third-order valence-electron chi connectivity index (χ3n) is 6.29. The highest BCUT2D eigenvalue weighted by Crippen LogP contribution is 2.50. The molecule has 0 spiro atoms. The third-order valence-corrected chi connectivity index (χ3v) is 6.78. The number of rotatable bonds is 2. The average Bonchev–Trinajstić information content (AvgIpc) is 3.27. The first kappa shape index (κ1) is 18.6. The van der Waals surface area contributed by atoms with E-state index < -0.39 is 5.72 Å². The van der Waals surface area contributed by atoms with Crippen LogP contribution in [0.3, 0.4) is 0 Å². The van der Waals surface area contributed by atoms with Crippen molar-refractivity contribution in [1.29, 1.82) is 0 Å². The van der Waals surface area contributed by atoms with Gasteiger partial charge in [-0.3, -0.25) is 4.98 Å². The second kappa shape index (κ2) is 6.92. The molecule has 0 saturated carbocycles. The van der Waals surface area contributed by atoms with Crippen LogP contribution in [0.1, 0.15) is 36.1 Å². The van der Waals surface area contributed by atoms with E-state index in [-0.39, 0.29) is 6.04 Å². The first-order valence-electron chi connectivity index (χ1n) is 10.4. The maximum atomic E-state index is 6.60. The normalized spacial score (nSPS) is 21.9. The highest BCUT2D eigenvalue weighted by Gasteiger charge is 2.48. The molecule has 4 aromatic rings. The fraction of sp³-hybridized carbons (Fsp3) is 0.154. The summed E-state index contributed by atoms with van der Waals surface area (Å²) in [5.41, 5.74) is 3.70. The Morgan fingerprint density at radius 3 is 2.61 bits per heavy atom. The largest absolute Gasteiger partial charge is 0.462 e. The summed E-state index contributed by atoms with van der Waals surface area (Å²) in [4.78, 5) is 4.19. The third kappa shape index (κ3) is 2.95. The molecule has 0 N–H and O–H groups in total. The summed E-state index contributed by atoms with van der Waals surface area (Å²) in [5.74, 6) is 0.902. The Morgan fingerprint density at radius 2 is 1.77 bits per heavy atom. The van der Waals surface area contributed by atoms with Gasteiger partial charge < -0.3 is 4.74 Å². The molecule has 0 aliphatic carbocycles. The zero-order chi connectivity index (χ0) is 21.0. The van der Waals surface area contributed by atoms with Gasteiger partial charge >= 0.3 is 0 Å². The molecule has 0 unspecified atom stereocenters. The molecule has 6 rings (SSSR count). The molecule has 0 radical (unpaired) electrons. The molecule has 4 nitrogen and oxygen atoms in total. The van der Waals surface area contributed by atoms with Gasteiger partial charge in [-0.2, -0.15) is 5.10 Å². The number of halogens is 1. The minimum absolute atomic E-state index is 0.0980. The van der Waals surface area contributed by atoms with Gasteiger partial charge in [0, 0.05) is 41.3 Å². The molecule has 0 amide bonds. The van der Waals surface area contributed by atoms with Gasteiger partial charge in [0.15, 0.2) is 0 Å². The van der Waals surface area contributed by atoms with E-state index in [1.54, 1.807) is 12.4 Å². The standard InChI is InChI=1S/C26H20BrN3O/c1-26(20-10-12-28-13-11-20)30-24(22-15-21(27)8-9-25(22)31-26)16-23(29-30)19-7-6-17-4-2-3-5-18(17)14-19/h2-15,24H,16H2,1H3/t24-,26+/m0/s1. The number of hydrogen-bond donors (Lipinski definition) is 0. The smallest absolute Gasteiger partial charge is 0.221 e. The zero-order valence-electron chi connectivity index (χ0n) is 17.0. The fourth-order valence-electron chi connectivity index (χ4n) is 4.67. The first-order chi connectivity index (χ1) is 15.1. The van der Waals surface area contributed by atoms with Crippen LogP contribution in [0.5, 0.6) is 5.75 Å². The molecule has 3 heterocycles. The van der Waals surface area contributed by atoms with Crippen molar-refractivity contribution in [3.63, 3.8) is 0 Å². The molecule has 3 aromatic carbocycles. The topological polar surface area (TPSA) is 37.7 Å². The van der Waals surface area contributed by atoms with Crippen LogP contribution in [0.15, 0.2) is 94.8 Å². The van der Waals surface area contributed by atoms with Crippen LogP contribution in [0.4, 0.5) is 0 Å². The van der Waals surface area contributed by atoms with Gasteiger partial charge in [-0.05, 0) is 52.7 Å². The Morgan fingerprint density at radius 1 is 0.968 bits per heavy atom. The predicted octanol–water partition coefficient (Wildman–Crippen LogP) is 6.41. The second-order valence-corrected chi connectivity index (χ2v) is 9.09. The van der Waals surface area contributed by atoms with Crippen molar-refractivity contribution in [2.45, 2.75) is 25.1 Å². The average molecular weight is 470 g/mol. The van der Waals surface area contributed by atoms with Crippen molar-refractivity contribution in [2.75, 3.05) is 0 Å². The van der Waals surface area contributed by atoms with E-state index in [0.29, 0.717) is 0 Å². The van der Waals surface area contributed by atoms with Crippen LogP contribution < -0.4 is 4.74 Å². The van der Waals surface area contributed by atoms with Gasteiger partial charge in [0.2, 0.25) is 5.72 Å². The van der Waals surface area contributed by atoms with E-state index in [1.807, 2.05) is 24.3 Å². The fourth-order valence-corrected chi connectivity index (χ4v) is 5.05. The van der Waals surface area contributed by atoms with Crippen LogP contribution in [-0.2, 0) is 5.72 Å². The lowest BCUT2D eigenvalue weighted by Crippen LogP contribution is -2.48. The SMILES string of the molecule is C[C@]1(c2ccncc2)Oc2ccc(Br)cc2[C@@H]2CC(c3ccc4ccccc4c3)=NN21. The minimum Gasteiger partial charge on any atom is -0.462 e. The van der Waals surface area contributed by atoms with Gasteiger partial charge in [-0.25, -0.2) is 5.01 Å². The van der Waals surface area contributed by atoms with Crippen molar-refractivity contribution in [3.8, 4) is 5.75 Å². The Labute approximate surface area is 189 Å². The Bertz CT molecular complexity index is 1340. The molecular formula is C26H20BrN3O. The number of hydrazone groups is 1. The lowest BCUT2D eigenvalue weighted by molar-refractivity contribution is -0.112. The van der Waals surface area contributed by atoms with E-state index in [4.69, 9.17) is 9.84 Å². The number of aromatic nitrogens is 1. The Kier molecular flexibility index (Phi) is 4.15. The first-order valence-corrected chi connectivity index (χ1v) is 11.2. The van der Waals surface area contributed by atoms with Crippen LogP contribution in [0.25, 0.3) is 10.8 Å². The Balaban J connectivity index is 1.50. The molecular weight excluding hydrogens is 450 g/mol. The molecule has 31 heavy (non-hydrogen) atoms. The Hall–Kier alpha value is -3.18. The lowest BCUT2D eigenvalue weighted by atomic mass is 9.92. The molecule has 0 fully saturated rings. The van der Waals surface area contributed by atoms with Crippen molar-refractivity contribution in [1.82, 2.24) is 9.99 Å². The van der Waals surface area contributed by atoms with Crippen LogP contribution in [0, 0.1) is 0 Å². The molecule has 5 heteroatoms. The molecule has 152 valence electrons. The molecule has 0 saturated heterocycles. The van der Waals surface area contributed by atoms with Crippen LogP contribution in [-0.4, -0.2) is 15.7 Å². The highest BCUT2D eigenvalue weighted by molar-refractivity contribution is 9.10. The molecule has 2 aliphatic heterocycles. The number of ether oxygens (including phenoxy) is 1. The van der Waals surface area contributed by atoms with Gasteiger partial charge in [-0.15, -0.1) is 0 Å². The summed E-state index contributed by atoms with van der Waals surface area (Å²) in [7, 11) is 0. The molecule has 0 bridgehead atoms. The predicted molar refractivity (Wildman–Crippen MR) is 126 cm³/mol. The number of hydrogen-bond acceptors (Lipinski definition) is 4. The summed E-state index contributed by atoms with van der Waals surface area (Å²) in [6.45, 7) is 2.09. The highest BCUT2D eigenvalue weighted by atomic mass is 79.9. The van der Waals surface area contributed by atoms with Crippen molar-refractivity contribution >= 4 is 32.4 Å². The summed E-state index contributed by atoms with van der Waals surface area (Å²) >= 11 is 3.63. The van der Waals surface area contributed by atoms with E-state index in [2.05, 4.69) is 81.4 Å². The van der Waals surface area contributed by atoms with Crippen LogP contribution in [0.2, 0.25) is 0 Å². The molecule has 2 atom stereocenters. The van der Waals surface area contributed by atoms with E-state index in [1.165, 1.54) is 10.8 Å². The van der Waals surface area contributed by atoms with Gasteiger partial charge in [0.25, 0.3) is 0 Å². The summed E-state index contributed by atoms with van der Waals surface area (Å²) in [6.07, 6.45) is 4.44. The molecule has 2 aliphatic rings. The molecule has 1 aromatic heterocycles. The van der Waals surface area contributed by atoms with Gasteiger partial charge in [-0.1, -0.05) is 52.3 Å². The van der Waals surface area contributed by atoms with Gasteiger partial charge in [0.05, 0.1) is 11.8 Å². The van der Waals surface area contributed by atoms with E-state index >= 15 is 0 Å². The summed E-state index contributed by atoms with van der Waals surface area (Å²) in [5, 5.41) is 9.72. The number of benzene rings is 3. The monoisotopic (exact) mass is 469 g/mol. The van der Waals surface area contributed by atoms with Crippen molar-refractivity contribution in [3.05, 3.63) is 106 Å². The van der Waals surface area contributed by atoms with Crippen molar-refractivity contribution < 1.29 is 4.74 Å². The summed E-state index contributed by atoms with van der Waals surface area (Å²) in [6, 6.07) is 25.4. The number of nitrogens with zero attached hydrogens (tertiary/aromatic N) is 3. The van der Waals surface area contributed by atoms with E-state index in [9.17, 15) is 0 Å². The lowest BCUT2D eigenvalue weighted by Gasteiger charge is -2.46. The maximum Gasteiger partial charge on any atom is 0.221 e. The van der Waals surface area contributed by atoms with Crippen molar-refractivity contribution in [2.24, 2.45) is 5.10 Å². The maximum absolute atomic E-state index is 6.60. The number of pyridine rings is 1. The summed E-state index contributed by atoms with van der Waals surface area (Å²) < 4.78 is 7.64. The van der Waals surface area contributed by atoms with Gasteiger partial charge in [0.1, 0.15) is 5.75 Å². The minimum atomic E-state index is -0.715. The zero-order valence-corrected chi connectivity index (χ0v) is 18.6. The van der Waals surface area contributed by atoms with Crippen LogP contribution >= 0.6 is 15.9 Å². The second-order valence-electron chi connectivity index (χ2n) is 8.18. The number of fused-ring (bicyclic) bond motifs is 4. The quantitative estimate of drug-likeness (QED) is 0.340.